The number of hydrogen-bond donors (Lipinski definition) is 6. The molecule has 24 heteroatoms. The summed E-state index contributed by atoms with van der Waals surface area (Å²) in [6.45, 7) is 28.3. The van der Waals surface area contributed by atoms with Crippen LogP contribution in [0.2, 0.25) is 0 Å². The molecule has 4 atom stereocenters. The molecule has 0 radical (unpaired) electrons. The minimum Gasteiger partial charge on any atom is -0.444 e. The van der Waals surface area contributed by atoms with Gasteiger partial charge < -0.3 is 67.0 Å². The van der Waals surface area contributed by atoms with E-state index in [1.807, 2.05) is 113 Å². The zero-order chi connectivity index (χ0) is 64.5. The number of nitrogens with two attached hydrogens (primary N) is 3. The van der Waals surface area contributed by atoms with Gasteiger partial charge in [-0.2, -0.15) is 26.3 Å². The Morgan fingerprint density at radius 2 is 1.03 bits per heavy atom. The first-order valence-corrected chi connectivity index (χ1v) is 30.2. The van der Waals surface area contributed by atoms with E-state index in [0.717, 1.165) is 104 Å². The number of hydrogen-bond acceptors (Lipinski definition) is 13. The molecular formula is C63H94F6N12O6. The Hall–Kier alpha value is -6.79. The van der Waals surface area contributed by atoms with Crippen LogP contribution in [0.5, 0.6) is 0 Å². The molecule has 6 heterocycles. The normalized spacial score (nSPS) is 20.5. The van der Waals surface area contributed by atoms with E-state index >= 15 is 0 Å². The third kappa shape index (κ3) is 23.7. The highest BCUT2D eigenvalue weighted by molar-refractivity contribution is 5.92. The van der Waals surface area contributed by atoms with Crippen LogP contribution in [0.3, 0.4) is 0 Å². The van der Waals surface area contributed by atoms with Gasteiger partial charge in [0.05, 0.1) is 5.54 Å². The summed E-state index contributed by atoms with van der Waals surface area (Å²) >= 11 is 0. The van der Waals surface area contributed by atoms with Gasteiger partial charge in [-0.05, 0) is 208 Å². The Morgan fingerprint density at radius 3 is 1.41 bits per heavy atom. The zero-order valence-electron chi connectivity index (χ0n) is 52.7. The van der Waals surface area contributed by atoms with Crippen molar-refractivity contribution in [1.29, 1.82) is 0 Å². The standard InChI is InChI=1S/C30H41F3N6O3.C25H33F3N6O.2C4H10O/c1-19-7-8-22(35-26(40)38-12-9-20(17-38)16-30(31,32)33)15-23(19)21-13-24(34)36-25(14-21)39-11-6-10-29(5,18-39)37-27(41)42-28(2,3)4;1-16-4-5-19(31-23(35)33-9-6-17(14-33)13-25(26,27)28)12-20(16)18-10-21(29)32-22(11-18)34-8-3-7-24(2,30)15-34;2*1-3-5-4-2/h7-8,13-15,20H,6,9-12,16-18H2,1-5H3,(H2,34,36)(H,35,40)(H,37,41);4-5,10-12,17H,3,6-9,13-15,30H2,1-2H3,(H2,29,32)(H,31,35);2*3-4H2,1-2H3/t20-,29-;17-,24-;;/m00../s1. The summed E-state index contributed by atoms with van der Waals surface area (Å²) < 4.78 is 91.6. The van der Waals surface area contributed by atoms with Gasteiger partial charge in [0.15, 0.2) is 0 Å². The van der Waals surface area contributed by atoms with Gasteiger partial charge in [-0.25, -0.2) is 24.4 Å². The van der Waals surface area contributed by atoms with Crippen molar-refractivity contribution in [3.8, 4) is 22.3 Å². The topological polar surface area (TPSA) is 232 Å². The number of urea groups is 2. The number of aryl methyl sites for hydroxylation is 2. The third-order valence-electron chi connectivity index (χ3n) is 15.1. The fraction of sp³-hybridized carbons (Fsp3) is 0.603. The number of anilines is 6. The van der Waals surface area contributed by atoms with Crippen LogP contribution in [0.15, 0.2) is 60.7 Å². The monoisotopic (exact) mass is 1230 g/mol. The van der Waals surface area contributed by atoms with Gasteiger partial charge in [-0.1, -0.05) is 12.1 Å². The molecule has 0 spiro atoms. The number of amides is 5. The van der Waals surface area contributed by atoms with Crippen molar-refractivity contribution in [2.45, 2.75) is 157 Å². The van der Waals surface area contributed by atoms with Crippen LogP contribution in [0.25, 0.3) is 22.3 Å². The Balaban J connectivity index is 0.000000277. The highest BCUT2D eigenvalue weighted by Crippen LogP contribution is 2.37. The molecule has 4 aliphatic heterocycles. The number of carbonyl (C=O) groups excluding carboxylic acids is 3. The summed E-state index contributed by atoms with van der Waals surface area (Å²) in [5.41, 5.74) is 23.8. The number of likely N-dealkylation sites (tertiary alicyclic amines) is 2. The predicted octanol–water partition coefficient (Wildman–Crippen LogP) is 13.2. The molecule has 8 rings (SSSR count). The van der Waals surface area contributed by atoms with Gasteiger partial charge >= 0.3 is 30.5 Å². The summed E-state index contributed by atoms with van der Waals surface area (Å²) in [6.07, 6.45) is -6.45. The Labute approximate surface area is 510 Å². The highest BCUT2D eigenvalue weighted by atomic mass is 19.4. The van der Waals surface area contributed by atoms with E-state index in [2.05, 4.69) is 35.7 Å². The molecule has 4 aliphatic rings. The maximum atomic E-state index is 12.8. The molecule has 0 aliphatic carbocycles. The van der Waals surface area contributed by atoms with Gasteiger partial charge in [0.25, 0.3) is 0 Å². The molecule has 0 bridgehead atoms. The maximum Gasteiger partial charge on any atom is 0.408 e. The summed E-state index contributed by atoms with van der Waals surface area (Å²) in [4.78, 5) is 54.3. The van der Waals surface area contributed by atoms with Crippen molar-refractivity contribution in [2.75, 3.05) is 111 Å². The zero-order valence-corrected chi connectivity index (χ0v) is 52.7. The number of pyridine rings is 2. The molecule has 2 aromatic heterocycles. The van der Waals surface area contributed by atoms with Crippen molar-refractivity contribution in [2.24, 2.45) is 17.6 Å². The lowest BCUT2D eigenvalue weighted by atomic mass is 9.91. The molecule has 87 heavy (non-hydrogen) atoms. The quantitative estimate of drug-likeness (QED) is 0.0685. The molecular weight excluding hydrogens is 1130 g/mol. The van der Waals surface area contributed by atoms with Crippen LogP contribution in [0.4, 0.5) is 75.4 Å². The van der Waals surface area contributed by atoms with E-state index in [-0.39, 0.29) is 25.2 Å². The fourth-order valence-electron chi connectivity index (χ4n) is 11.1. The first-order chi connectivity index (χ1) is 40.7. The van der Waals surface area contributed by atoms with Crippen LogP contribution in [-0.2, 0) is 14.2 Å². The number of nitrogens with one attached hydrogen (secondary N) is 3. The summed E-state index contributed by atoms with van der Waals surface area (Å²) in [7, 11) is 0. The van der Waals surface area contributed by atoms with Crippen molar-refractivity contribution >= 4 is 52.8 Å². The molecule has 4 saturated heterocycles. The molecule has 9 N–H and O–H groups in total. The van der Waals surface area contributed by atoms with Crippen LogP contribution in [0, 0.1) is 25.7 Å². The molecule has 0 unspecified atom stereocenters. The number of ether oxygens (including phenoxy) is 3. The van der Waals surface area contributed by atoms with Crippen LogP contribution in [-0.4, -0.2) is 146 Å². The average molecular weight is 1230 g/mol. The van der Waals surface area contributed by atoms with Crippen LogP contribution < -0.4 is 43.0 Å². The van der Waals surface area contributed by atoms with Crippen LogP contribution in [0.1, 0.15) is 125 Å². The molecule has 4 fully saturated rings. The van der Waals surface area contributed by atoms with Crippen molar-refractivity contribution in [1.82, 2.24) is 25.1 Å². The van der Waals surface area contributed by atoms with Crippen LogP contribution >= 0.6 is 0 Å². The van der Waals surface area contributed by atoms with Gasteiger partial charge in [0, 0.05) is 109 Å². The number of alkyl carbamates (subject to hydrolysis) is 1. The number of alkyl halides is 6. The Bertz CT molecular complexity index is 2880. The number of piperidine rings is 2. The van der Waals surface area contributed by atoms with E-state index in [0.29, 0.717) is 61.3 Å². The SMILES string of the molecule is CCOCC.CCOCC.Cc1ccc(NC(=O)N2CC[C@@H](CC(F)(F)F)C2)cc1-c1cc(N)nc(N2CCC[C@](C)(N)C2)c1.Cc1ccc(NC(=O)N2CC[C@@H](CC(F)(F)F)C2)cc1-c1cc(N)nc(N2CCC[C@](C)(NC(=O)OC(C)(C)C)C2)c1. The number of nitrogen functional groups attached to an aromatic ring is 2. The van der Waals surface area contributed by atoms with Crippen molar-refractivity contribution in [3.63, 3.8) is 0 Å². The third-order valence-corrected chi connectivity index (χ3v) is 15.1. The number of rotatable bonds is 13. The molecule has 18 nitrogen and oxygen atoms in total. The number of carbonyl (C=O) groups is 3. The summed E-state index contributed by atoms with van der Waals surface area (Å²) in [5, 5.41) is 8.70. The van der Waals surface area contributed by atoms with Gasteiger partial charge in [-0.15, -0.1) is 0 Å². The minimum absolute atomic E-state index is 0.0752. The Kier molecular flexibility index (Phi) is 25.6. The molecule has 4 aromatic rings. The first-order valence-electron chi connectivity index (χ1n) is 30.2. The minimum atomic E-state index is -4.24. The second-order valence-electron chi connectivity index (χ2n) is 24.5. The largest absolute Gasteiger partial charge is 0.444 e. The Morgan fingerprint density at radius 1 is 0.621 bits per heavy atom. The second-order valence-corrected chi connectivity index (χ2v) is 24.5. The molecule has 484 valence electrons. The fourth-order valence-corrected chi connectivity index (χ4v) is 11.1. The van der Waals surface area contributed by atoms with Crippen molar-refractivity contribution < 1.29 is 54.9 Å². The van der Waals surface area contributed by atoms with E-state index in [1.54, 1.807) is 24.3 Å². The van der Waals surface area contributed by atoms with Gasteiger partial charge in [-0.3, -0.25) is 0 Å². The second kappa shape index (κ2) is 31.4. The van der Waals surface area contributed by atoms with E-state index in [9.17, 15) is 40.7 Å². The van der Waals surface area contributed by atoms with E-state index in [4.69, 9.17) is 31.4 Å². The summed E-state index contributed by atoms with van der Waals surface area (Å²) in [6, 6.07) is 17.7. The maximum absolute atomic E-state index is 12.8. The molecule has 5 amide bonds. The number of halogens is 6. The number of nitrogens with zero attached hydrogens (tertiary/aromatic N) is 6. The smallest absolute Gasteiger partial charge is 0.408 e. The average Bonchev–Trinajstić information content (AvgIpc) is 1.68. The molecule has 2 aromatic carbocycles. The molecule has 0 saturated carbocycles. The first kappa shape index (κ1) is 71.0. The lowest BCUT2D eigenvalue weighted by molar-refractivity contribution is -0.144. The van der Waals surface area contributed by atoms with E-state index in [1.165, 1.54) is 9.80 Å². The highest BCUT2D eigenvalue weighted by Gasteiger charge is 2.39. The number of benzene rings is 2. The van der Waals surface area contributed by atoms with Gasteiger partial charge in [0.1, 0.15) is 28.9 Å². The van der Waals surface area contributed by atoms with E-state index < -0.39 is 66.3 Å². The summed E-state index contributed by atoms with van der Waals surface area (Å²) in [5.74, 6) is 1.01. The predicted molar refractivity (Wildman–Crippen MR) is 334 cm³/mol. The lowest BCUT2D eigenvalue weighted by Gasteiger charge is -2.41. The van der Waals surface area contributed by atoms with Gasteiger partial charge in [0.2, 0.25) is 0 Å². The lowest BCUT2D eigenvalue weighted by Crippen LogP contribution is -2.57. The van der Waals surface area contributed by atoms with Crippen molar-refractivity contribution in [3.05, 3.63) is 71.8 Å². The number of aromatic nitrogens is 2.